The Morgan fingerprint density at radius 1 is 1.19 bits per heavy atom. The number of aromatic nitrogens is 2. The SMILES string of the molecule is CC(Oc1cc(-n2cnc3cc(Cl)ccc32)sc1C(N)=O)c1cccc(OCCN2CCOCC2)c1Cl. The van der Waals surface area contributed by atoms with E-state index in [9.17, 15) is 4.79 Å². The first-order valence-corrected chi connectivity index (χ1v) is 13.4. The Morgan fingerprint density at radius 3 is 2.78 bits per heavy atom. The highest BCUT2D eigenvalue weighted by molar-refractivity contribution is 7.16. The predicted molar refractivity (Wildman–Crippen MR) is 146 cm³/mol. The average molecular weight is 561 g/mol. The minimum Gasteiger partial charge on any atom is -0.491 e. The molecular weight excluding hydrogens is 535 g/mol. The largest absolute Gasteiger partial charge is 0.491 e. The molecule has 3 heterocycles. The zero-order chi connectivity index (χ0) is 25.9. The summed E-state index contributed by atoms with van der Waals surface area (Å²) in [6.07, 6.45) is 1.22. The number of fused-ring (bicyclic) bond motifs is 1. The van der Waals surface area contributed by atoms with Crippen LogP contribution in [0.3, 0.4) is 0 Å². The van der Waals surface area contributed by atoms with Gasteiger partial charge >= 0.3 is 0 Å². The number of ether oxygens (including phenoxy) is 3. The van der Waals surface area contributed by atoms with Crippen molar-refractivity contribution < 1.29 is 19.0 Å². The van der Waals surface area contributed by atoms with Crippen LogP contribution in [0.5, 0.6) is 11.5 Å². The highest BCUT2D eigenvalue weighted by Crippen LogP contribution is 2.39. The van der Waals surface area contributed by atoms with E-state index in [0.29, 0.717) is 33.0 Å². The highest BCUT2D eigenvalue weighted by Gasteiger charge is 2.22. The molecule has 1 atom stereocenters. The van der Waals surface area contributed by atoms with Gasteiger partial charge in [0, 0.05) is 36.3 Å². The minimum atomic E-state index is -0.572. The van der Waals surface area contributed by atoms with Crippen LogP contribution < -0.4 is 15.2 Å². The summed E-state index contributed by atoms with van der Waals surface area (Å²) < 4.78 is 19.5. The van der Waals surface area contributed by atoms with E-state index in [2.05, 4.69) is 9.88 Å². The summed E-state index contributed by atoms with van der Waals surface area (Å²) in [6, 6.07) is 12.8. The quantitative estimate of drug-likeness (QED) is 0.297. The third-order valence-corrected chi connectivity index (χ3v) is 7.93. The number of imidazole rings is 1. The van der Waals surface area contributed by atoms with Crippen LogP contribution in [-0.2, 0) is 4.74 Å². The molecule has 37 heavy (non-hydrogen) atoms. The van der Waals surface area contributed by atoms with Crippen molar-refractivity contribution in [2.24, 2.45) is 5.73 Å². The summed E-state index contributed by atoms with van der Waals surface area (Å²) in [5.74, 6) is 0.398. The molecule has 11 heteroatoms. The van der Waals surface area contributed by atoms with Gasteiger partial charge in [-0.05, 0) is 31.2 Å². The van der Waals surface area contributed by atoms with Gasteiger partial charge in [0.1, 0.15) is 40.4 Å². The monoisotopic (exact) mass is 560 g/mol. The van der Waals surface area contributed by atoms with Crippen molar-refractivity contribution >= 4 is 51.5 Å². The zero-order valence-corrected chi connectivity index (χ0v) is 22.5. The van der Waals surface area contributed by atoms with E-state index < -0.39 is 12.0 Å². The summed E-state index contributed by atoms with van der Waals surface area (Å²) in [4.78, 5) is 19.3. The van der Waals surface area contributed by atoms with Crippen molar-refractivity contribution in [2.45, 2.75) is 13.0 Å². The lowest BCUT2D eigenvalue weighted by atomic mass is 10.1. The first-order valence-electron chi connectivity index (χ1n) is 11.9. The molecule has 1 aliphatic heterocycles. The van der Waals surface area contributed by atoms with Gasteiger partial charge in [-0.2, -0.15) is 0 Å². The predicted octanol–water partition coefficient (Wildman–Crippen LogP) is 5.34. The van der Waals surface area contributed by atoms with Crippen LogP contribution >= 0.6 is 34.5 Å². The van der Waals surface area contributed by atoms with E-state index in [-0.39, 0.29) is 0 Å². The first-order chi connectivity index (χ1) is 17.9. The van der Waals surface area contributed by atoms with Gasteiger partial charge in [-0.25, -0.2) is 4.98 Å². The number of morpholine rings is 1. The Balaban J connectivity index is 1.34. The van der Waals surface area contributed by atoms with Crippen molar-refractivity contribution in [3.8, 4) is 16.5 Å². The molecule has 5 rings (SSSR count). The smallest absolute Gasteiger partial charge is 0.262 e. The van der Waals surface area contributed by atoms with E-state index in [1.807, 2.05) is 35.8 Å². The standard InChI is InChI=1S/C26H26Cl2N4O4S/c1-16(18-3-2-4-21(24(18)28)35-12-9-31-7-10-34-11-8-31)36-22-14-23(37-25(22)26(29)33)32-15-30-19-13-17(27)5-6-20(19)32/h2-6,13-16H,7-12H2,1H3,(H2,29,33). The zero-order valence-electron chi connectivity index (χ0n) is 20.2. The third-order valence-electron chi connectivity index (χ3n) is 6.16. The maximum atomic E-state index is 12.3. The number of thiophene rings is 1. The summed E-state index contributed by atoms with van der Waals surface area (Å²) in [5, 5.41) is 1.82. The maximum Gasteiger partial charge on any atom is 0.262 e. The number of primary amides is 1. The fraction of sp³-hybridized carbons (Fsp3) is 0.308. The highest BCUT2D eigenvalue weighted by atomic mass is 35.5. The van der Waals surface area contributed by atoms with Gasteiger partial charge < -0.3 is 19.9 Å². The molecule has 2 aromatic heterocycles. The van der Waals surface area contributed by atoms with E-state index >= 15 is 0 Å². The Bertz CT molecular complexity index is 1420. The molecule has 0 radical (unpaired) electrons. The molecule has 2 aromatic carbocycles. The summed E-state index contributed by atoms with van der Waals surface area (Å²) >= 11 is 14.0. The van der Waals surface area contributed by atoms with Crippen LogP contribution in [0, 0.1) is 0 Å². The van der Waals surface area contributed by atoms with Crippen LogP contribution in [0.25, 0.3) is 16.0 Å². The van der Waals surface area contributed by atoms with Crippen molar-refractivity contribution in [2.75, 3.05) is 39.5 Å². The Morgan fingerprint density at radius 2 is 2.00 bits per heavy atom. The van der Waals surface area contributed by atoms with Crippen LogP contribution in [-0.4, -0.2) is 59.8 Å². The lowest BCUT2D eigenvalue weighted by Crippen LogP contribution is -2.38. The summed E-state index contributed by atoms with van der Waals surface area (Å²) in [6.45, 7) is 6.47. The fourth-order valence-electron chi connectivity index (χ4n) is 4.22. The molecule has 0 aliphatic carbocycles. The third kappa shape index (κ3) is 5.71. The number of rotatable bonds is 9. The second-order valence-electron chi connectivity index (χ2n) is 8.61. The van der Waals surface area contributed by atoms with Crippen LogP contribution in [0.4, 0.5) is 0 Å². The Labute approximate surface area is 228 Å². The maximum absolute atomic E-state index is 12.3. The molecule has 1 fully saturated rings. The molecular formula is C26H26Cl2N4O4S. The van der Waals surface area contributed by atoms with Crippen molar-refractivity contribution in [1.82, 2.24) is 14.5 Å². The topological polar surface area (TPSA) is 91.8 Å². The van der Waals surface area contributed by atoms with Crippen molar-refractivity contribution in [1.29, 1.82) is 0 Å². The number of nitrogens with zero attached hydrogens (tertiary/aromatic N) is 3. The molecule has 4 aromatic rings. The normalized spacial score (nSPS) is 15.1. The van der Waals surface area contributed by atoms with Gasteiger partial charge in [-0.3, -0.25) is 14.3 Å². The van der Waals surface area contributed by atoms with Crippen LogP contribution in [0.1, 0.15) is 28.3 Å². The lowest BCUT2D eigenvalue weighted by Gasteiger charge is -2.26. The van der Waals surface area contributed by atoms with Crippen molar-refractivity contribution in [3.63, 3.8) is 0 Å². The number of hydrogen-bond donors (Lipinski definition) is 1. The number of halogens is 2. The van der Waals surface area contributed by atoms with E-state index in [1.54, 1.807) is 24.5 Å². The van der Waals surface area contributed by atoms with Crippen molar-refractivity contribution in [3.05, 3.63) is 69.3 Å². The van der Waals surface area contributed by atoms with Gasteiger partial charge in [0.15, 0.2) is 0 Å². The second kappa shape index (κ2) is 11.3. The van der Waals surface area contributed by atoms with Gasteiger partial charge in [-0.15, -0.1) is 11.3 Å². The molecule has 1 unspecified atom stereocenters. The molecule has 2 N–H and O–H groups in total. The molecule has 0 saturated carbocycles. The number of benzene rings is 2. The van der Waals surface area contributed by atoms with E-state index in [1.165, 1.54) is 11.3 Å². The number of carbonyl (C=O) groups excluding carboxylic acids is 1. The van der Waals surface area contributed by atoms with Gasteiger partial charge in [-0.1, -0.05) is 35.3 Å². The molecule has 1 saturated heterocycles. The van der Waals surface area contributed by atoms with Gasteiger partial charge in [0.05, 0.1) is 29.3 Å². The average Bonchev–Trinajstić information content (AvgIpc) is 3.49. The minimum absolute atomic E-state index is 0.312. The molecule has 0 spiro atoms. The molecule has 0 bridgehead atoms. The molecule has 8 nitrogen and oxygen atoms in total. The second-order valence-corrected chi connectivity index (χ2v) is 10.5. The number of amides is 1. The van der Waals surface area contributed by atoms with Crippen LogP contribution in [0.15, 0.2) is 48.8 Å². The lowest BCUT2D eigenvalue weighted by molar-refractivity contribution is 0.0322. The molecule has 194 valence electrons. The number of carbonyl (C=O) groups is 1. The van der Waals surface area contributed by atoms with Gasteiger partial charge in [0.2, 0.25) is 0 Å². The summed E-state index contributed by atoms with van der Waals surface area (Å²) in [5.41, 5.74) is 8.03. The summed E-state index contributed by atoms with van der Waals surface area (Å²) in [7, 11) is 0. The first kappa shape index (κ1) is 25.8. The number of nitrogens with two attached hydrogens (primary N) is 1. The molecule has 1 aliphatic rings. The molecule has 1 amide bonds. The van der Waals surface area contributed by atoms with E-state index in [4.69, 9.17) is 43.1 Å². The number of hydrogen-bond acceptors (Lipinski definition) is 7. The van der Waals surface area contributed by atoms with Gasteiger partial charge in [0.25, 0.3) is 5.91 Å². The Hall–Kier alpha value is -2.82. The van der Waals surface area contributed by atoms with E-state index in [0.717, 1.165) is 54.4 Å². The fourth-order valence-corrected chi connectivity index (χ4v) is 5.65. The van der Waals surface area contributed by atoms with Crippen LogP contribution in [0.2, 0.25) is 10.0 Å². The Kier molecular flexibility index (Phi) is 7.87.